The van der Waals surface area contributed by atoms with Gasteiger partial charge in [0.1, 0.15) is 0 Å². The van der Waals surface area contributed by atoms with E-state index < -0.39 is 17.3 Å². The largest absolute Gasteiger partial charge is 0.504 e. The predicted octanol–water partition coefficient (Wildman–Crippen LogP) is 1.05. The van der Waals surface area contributed by atoms with Gasteiger partial charge >= 0.3 is 0 Å². The van der Waals surface area contributed by atoms with Crippen LogP contribution in [0, 0.1) is 12.7 Å². The summed E-state index contributed by atoms with van der Waals surface area (Å²) in [6.45, 7) is 1.56. The lowest BCUT2D eigenvalue weighted by Gasteiger charge is -2.05. The van der Waals surface area contributed by atoms with Gasteiger partial charge in [0.05, 0.1) is 12.1 Å². The quantitative estimate of drug-likeness (QED) is 0.676. The van der Waals surface area contributed by atoms with Gasteiger partial charge in [0.2, 0.25) is 11.7 Å². The molecule has 7 heteroatoms. The van der Waals surface area contributed by atoms with Crippen LogP contribution in [-0.4, -0.2) is 20.4 Å². The van der Waals surface area contributed by atoms with Crippen LogP contribution in [0.3, 0.4) is 0 Å². The lowest BCUT2D eigenvalue weighted by atomic mass is 10.1. The highest BCUT2D eigenvalue weighted by Crippen LogP contribution is 2.36. The molecule has 0 aliphatic carbocycles. The number of aromatic nitrogens is 2. The molecule has 6 nitrogen and oxygen atoms in total. The van der Waals surface area contributed by atoms with Crippen molar-refractivity contribution in [3.05, 3.63) is 23.3 Å². The lowest BCUT2D eigenvalue weighted by molar-refractivity contribution is 0.374. The minimum atomic E-state index is -1.00. The van der Waals surface area contributed by atoms with E-state index in [1.165, 1.54) is 13.0 Å². The van der Waals surface area contributed by atoms with Crippen molar-refractivity contribution in [2.75, 3.05) is 0 Å². The third-order valence-electron chi connectivity index (χ3n) is 2.29. The van der Waals surface area contributed by atoms with E-state index in [1.54, 1.807) is 0 Å². The molecule has 0 fully saturated rings. The zero-order valence-electron chi connectivity index (χ0n) is 8.94. The van der Waals surface area contributed by atoms with E-state index in [9.17, 15) is 14.6 Å². The van der Waals surface area contributed by atoms with Crippen molar-refractivity contribution in [1.82, 2.24) is 10.1 Å². The minimum absolute atomic E-state index is 0.0265. The molecule has 0 radical (unpaired) electrons. The number of rotatable bonds is 2. The van der Waals surface area contributed by atoms with Crippen LogP contribution in [0.4, 0.5) is 4.39 Å². The first-order valence-electron chi connectivity index (χ1n) is 4.78. The van der Waals surface area contributed by atoms with Crippen LogP contribution >= 0.6 is 0 Å². The Hall–Kier alpha value is -2.15. The smallest absolute Gasteiger partial charge is 0.240 e. The number of phenols is 2. The Labute approximate surface area is 95.5 Å². The zero-order chi connectivity index (χ0) is 12.6. The molecule has 0 unspecified atom stereocenters. The lowest BCUT2D eigenvalue weighted by Crippen LogP contribution is -1.96. The van der Waals surface area contributed by atoms with Crippen LogP contribution in [0.2, 0.25) is 0 Å². The van der Waals surface area contributed by atoms with Crippen LogP contribution in [-0.2, 0) is 6.54 Å². The van der Waals surface area contributed by atoms with Crippen molar-refractivity contribution in [3.63, 3.8) is 0 Å². The van der Waals surface area contributed by atoms with Crippen LogP contribution in [0.1, 0.15) is 11.5 Å². The van der Waals surface area contributed by atoms with E-state index >= 15 is 0 Å². The Morgan fingerprint density at radius 2 is 2.12 bits per heavy atom. The third-order valence-corrected chi connectivity index (χ3v) is 2.29. The summed E-state index contributed by atoms with van der Waals surface area (Å²) in [6.07, 6.45) is 0. The molecule has 0 atom stereocenters. The van der Waals surface area contributed by atoms with Gasteiger partial charge in [0, 0.05) is 0 Å². The molecule has 17 heavy (non-hydrogen) atoms. The molecule has 0 saturated carbocycles. The molecular weight excluding hydrogens is 229 g/mol. The molecule has 1 aromatic carbocycles. The third kappa shape index (κ3) is 1.80. The summed E-state index contributed by atoms with van der Waals surface area (Å²) in [5.74, 6) is -2.21. The summed E-state index contributed by atoms with van der Waals surface area (Å²) < 4.78 is 18.4. The Morgan fingerprint density at radius 1 is 1.41 bits per heavy atom. The van der Waals surface area contributed by atoms with E-state index in [0.29, 0.717) is 5.56 Å². The van der Waals surface area contributed by atoms with Crippen LogP contribution < -0.4 is 5.73 Å². The van der Waals surface area contributed by atoms with E-state index in [0.717, 1.165) is 0 Å². The average Bonchev–Trinajstić information content (AvgIpc) is 2.79. The van der Waals surface area contributed by atoms with Crippen molar-refractivity contribution in [2.24, 2.45) is 5.73 Å². The first-order valence-corrected chi connectivity index (χ1v) is 4.78. The number of hydrogen-bond donors (Lipinski definition) is 3. The number of aryl methyl sites for hydroxylation is 1. The SMILES string of the molecule is Cc1cc(-c2noc(CN)n2)c(F)c(O)c1O. The van der Waals surface area contributed by atoms with Gasteiger partial charge in [-0.2, -0.15) is 4.98 Å². The topological polar surface area (TPSA) is 105 Å². The molecule has 0 bridgehead atoms. The Kier molecular flexibility index (Phi) is 2.68. The number of halogens is 1. The summed E-state index contributed by atoms with van der Waals surface area (Å²) in [5.41, 5.74) is 5.53. The van der Waals surface area contributed by atoms with Gasteiger partial charge in [-0.3, -0.25) is 0 Å². The van der Waals surface area contributed by atoms with Gasteiger partial charge in [-0.15, -0.1) is 0 Å². The summed E-state index contributed by atoms with van der Waals surface area (Å²) in [7, 11) is 0. The highest BCUT2D eigenvalue weighted by atomic mass is 19.1. The van der Waals surface area contributed by atoms with Gasteiger partial charge in [-0.1, -0.05) is 5.16 Å². The Balaban J connectivity index is 2.59. The minimum Gasteiger partial charge on any atom is -0.504 e. The van der Waals surface area contributed by atoms with Crippen molar-refractivity contribution in [1.29, 1.82) is 0 Å². The molecule has 2 rings (SSSR count). The molecule has 0 saturated heterocycles. The fourth-order valence-electron chi connectivity index (χ4n) is 1.38. The van der Waals surface area contributed by atoms with Crippen LogP contribution in [0.25, 0.3) is 11.4 Å². The van der Waals surface area contributed by atoms with Gasteiger partial charge in [-0.25, -0.2) is 4.39 Å². The van der Waals surface area contributed by atoms with E-state index in [2.05, 4.69) is 10.1 Å². The highest BCUT2D eigenvalue weighted by molar-refractivity contribution is 5.64. The average molecular weight is 239 g/mol. The summed E-state index contributed by atoms with van der Waals surface area (Å²) in [4.78, 5) is 3.84. The van der Waals surface area contributed by atoms with Gasteiger partial charge < -0.3 is 20.5 Å². The number of aromatic hydroxyl groups is 2. The molecule has 4 N–H and O–H groups in total. The highest BCUT2D eigenvalue weighted by Gasteiger charge is 2.19. The fraction of sp³-hybridized carbons (Fsp3) is 0.200. The number of nitrogens with zero attached hydrogens (tertiary/aromatic N) is 2. The van der Waals surface area contributed by atoms with E-state index in [-0.39, 0.29) is 23.8 Å². The van der Waals surface area contributed by atoms with E-state index in [1.807, 2.05) is 0 Å². The molecule has 0 aliphatic heterocycles. The van der Waals surface area contributed by atoms with Gasteiger partial charge in [0.25, 0.3) is 0 Å². The maximum Gasteiger partial charge on any atom is 0.240 e. The first kappa shape index (κ1) is 11.3. The number of phenolic OH excluding ortho intramolecular Hbond substituents is 2. The summed E-state index contributed by atoms with van der Waals surface area (Å²) in [5, 5.41) is 22.2. The Morgan fingerprint density at radius 3 is 2.71 bits per heavy atom. The molecule has 0 spiro atoms. The fourth-order valence-corrected chi connectivity index (χ4v) is 1.38. The first-order chi connectivity index (χ1) is 8.04. The van der Waals surface area contributed by atoms with Crippen molar-refractivity contribution in [2.45, 2.75) is 13.5 Å². The standard InChI is InChI=1S/C10H10FN3O3/c1-4-2-5(7(11)9(16)8(4)15)10-13-6(3-12)17-14-10/h2,15-16H,3,12H2,1H3. The van der Waals surface area contributed by atoms with E-state index in [4.69, 9.17) is 10.3 Å². The second kappa shape index (κ2) is 4.02. The molecule has 90 valence electrons. The second-order valence-electron chi connectivity index (χ2n) is 3.47. The van der Waals surface area contributed by atoms with Crippen molar-refractivity contribution in [3.8, 4) is 22.9 Å². The maximum atomic E-state index is 13.7. The van der Waals surface area contributed by atoms with Crippen LogP contribution in [0.15, 0.2) is 10.6 Å². The Bertz CT molecular complexity index is 568. The van der Waals surface area contributed by atoms with Gasteiger partial charge in [-0.05, 0) is 18.6 Å². The molecular formula is C10H10FN3O3. The molecule has 0 aliphatic rings. The van der Waals surface area contributed by atoms with Crippen LogP contribution in [0.5, 0.6) is 11.5 Å². The molecule has 1 heterocycles. The maximum absolute atomic E-state index is 13.7. The predicted molar refractivity (Wildman–Crippen MR) is 55.7 cm³/mol. The van der Waals surface area contributed by atoms with Crippen molar-refractivity contribution < 1.29 is 19.1 Å². The number of nitrogens with two attached hydrogens (primary N) is 1. The normalized spacial score (nSPS) is 10.8. The number of benzene rings is 1. The van der Waals surface area contributed by atoms with Crippen molar-refractivity contribution >= 4 is 0 Å². The summed E-state index contributed by atoms with van der Waals surface area (Å²) >= 11 is 0. The zero-order valence-corrected chi connectivity index (χ0v) is 8.94. The molecule has 2 aromatic rings. The molecule has 1 aromatic heterocycles. The summed E-state index contributed by atoms with van der Waals surface area (Å²) in [6, 6.07) is 1.32. The molecule has 0 amide bonds. The number of hydrogen-bond acceptors (Lipinski definition) is 6. The monoisotopic (exact) mass is 239 g/mol. The second-order valence-corrected chi connectivity index (χ2v) is 3.47. The van der Waals surface area contributed by atoms with Gasteiger partial charge in [0.15, 0.2) is 17.3 Å².